The zero-order valence-corrected chi connectivity index (χ0v) is 20.0. The van der Waals surface area contributed by atoms with Crippen LogP contribution in [0.15, 0.2) is 77.5 Å². The number of pyridine rings is 2. The Balaban J connectivity index is 0.00000149. The van der Waals surface area contributed by atoms with Crippen molar-refractivity contribution in [3.05, 3.63) is 89.4 Å². The minimum Gasteiger partial charge on any atom is -0.344 e. The minimum absolute atomic E-state index is 0.147. The molecule has 0 spiro atoms. The molecule has 5 nitrogen and oxygen atoms in total. The molecule has 1 atom stereocenters. The van der Waals surface area contributed by atoms with E-state index in [1.54, 1.807) is 0 Å². The van der Waals surface area contributed by atoms with Gasteiger partial charge in [-0.3, -0.25) is 9.98 Å². The fraction of sp³-hybridized carbons (Fsp3) is 0.321. The summed E-state index contributed by atoms with van der Waals surface area (Å²) in [6, 6.07) is 8.31. The first-order chi connectivity index (χ1) is 16.2. The van der Waals surface area contributed by atoms with Crippen LogP contribution < -0.4 is 10.6 Å². The van der Waals surface area contributed by atoms with Gasteiger partial charge in [0, 0.05) is 25.0 Å². The number of aliphatic imine (C=N–C) groups is 1. The normalized spacial score (nSPS) is 16.9. The molecule has 1 unspecified atom stereocenters. The number of hydrogen-bond acceptors (Lipinski definition) is 5. The van der Waals surface area contributed by atoms with E-state index in [0.29, 0.717) is 13.1 Å². The van der Waals surface area contributed by atoms with Crippen molar-refractivity contribution in [1.29, 1.82) is 0 Å². The molecule has 0 saturated heterocycles. The lowest BCUT2D eigenvalue weighted by atomic mass is 10.00. The maximum Gasteiger partial charge on any atom is 0.156 e. The second kappa shape index (κ2) is 12.1. The number of hydrogen-bond donors (Lipinski definition) is 1. The van der Waals surface area contributed by atoms with Crippen molar-refractivity contribution in [2.45, 2.75) is 52.6 Å². The van der Waals surface area contributed by atoms with Gasteiger partial charge in [0.05, 0.1) is 11.7 Å². The summed E-state index contributed by atoms with van der Waals surface area (Å²) in [5.74, 6) is 0.842. The maximum atomic E-state index is 5.84. The van der Waals surface area contributed by atoms with E-state index >= 15 is 0 Å². The summed E-state index contributed by atoms with van der Waals surface area (Å²) in [4.78, 5) is 16.2. The molecule has 0 amide bonds. The number of aryl methyl sites for hydroxylation is 1. The highest BCUT2D eigenvalue weighted by molar-refractivity contribution is 5.76. The predicted octanol–water partition coefficient (Wildman–Crippen LogP) is 6.10. The SMILES string of the molecule is C=Nc1ccc(C2=CCCC=C2)nc1N(Cc1cccnc1C)C1C=CC(CN)=CC1.CC. The van der Waals surface area contributed by atoms with Crippen LogP contribution in [0.4, 0.5) is 11.5 Å². The molecule has 0 saturated carbocycles. The molecule has 33 heavy (non-hydrogen) atoms. The topological polar surface area (TPSA) is 67.4 Å². The molecule has 0 radical (unpaired) electrons. The van der Waals surface area contributed by atoms with E-state index in [1.807, 2.05) is 45.2 Å². The van der Waals surface area contributed by atoms with E-state index in [-0.39, 0.29) is 6.04 Å². The van der Waals surface area contributed by atoms with E-state index in [9.17, 15) is 0 Å². The average molecular weight is 442 g/mol. The molecule has 5 heteroatoms. The molecule has 2 heterocycles. The third-order valence-electron chi connectivity index (χ3n) is 5.83. The van der Waals surface area contributed by atoms with E-state index < -0.39 is 0 Å². The highest BCUT2D eigenvalue weighted by Gasteiger charge is 2.23. The van der Waals surface area contributed by atoms with Crippen molar-refractivity contribution in [3.8, 4) is 0 Å². The fourth-order valence-corrected chi connectivity index (χ4v) is 3.99. The number of nitrogens with two attached hydrogens (primary N) is 1. The Labute approximate surface area is 198 Å². The molecule has 2 aromatic rings. The molecule has 2 aliphatic carbocycles. The van der Waals surface area contributed by atoms with Gasteiger partial charge in [-0.1, -0.05) is 56.4 Å². The summed E-state index contributed by atoms with van der Waals surface area (Å²) in [5, 5.41) is 0. The van der Waals surface area contributed by atoms with Crippen molar-refractivity contribution in [2.24, 2.45) is 10.7 Å². The minimum atomic E-state index is 0.147. The monoisotopic (exact) mass is 441 g/mol. The lowest BCUT2D eigenvalue weighted by Gasteiger charge is -2.33. The highest BCUT2D eigenvalue weighted by atomic mass is 15.2. The lowest BCUT2D eigenvalue weighted by molar-refractivity contribution is 0.669. The standard InChI is InChI=1S/C26H29N5.C2H6/c1-19-22(9-6-16-29-19)18-31(23-12-10-20(17-27)11-13-23)26-25(28-2)15-14-24(30-26)21-7-4-3-5-8-21;1-2/h4,6-12,14-16,23H,2-3,5,13,17-18,27H2,1H3;1-2H3. The molecule has 2 aromatic heterocycles. The smallest absolute Gasteiger partial charge is 0.156 e. The second-order valence-corrected chi connectivity index (χ2v) is 7.86. The zero-order chi connectivity index (χ0) is 23.6. The number of nitrogens with zero attached hydrogens (tertiary/aromatic N) is 4. The molecule has 2 aliphatic rings. The van der Waals surface area contributed by atoms with Crippen LogP contribution in [0.3, 0.4) is 0 Å². The summed E-state index contributed by atoms with van der Waals surface area (Å²) >= 11 is 0. The Morgan fingerprint density at radius 1 is 1.15 bits per heavy atom. The van der Waals surface area contributed by atoms with Gasteiger partial charge in [0.15, 0.2) is 5.82 Å². The van der Waals surface area contributed by atoms with Crippen LogP contribution >= 0.6 is 0 Å². The van der Waals surface area contributed by atoms with Gasteiger partial charge in [0.1, 0.15) is 5.69 Å². The number of rotatable bonds is 7. The lowest BCUT2D eigenvalue weighted by Crippen LogP contribution is -2.35. The molecule has 172 valence electrons. The van der Waals surface area contributed by atoms with Gasteiger partial charge in [-0.05, 0) is 67.8 Å². The largest absolute Gasteiger partial charge is 0.344 e. The zero-order valence-electron chi connectivity index (χ0n) is 20.0. The van der Waals surface area contributed by atoms with Crippen LogP contribution in [0.25, 0.3) is 5.57 Å². The molecule has 0 aliphatic heterocycles. The van der Waals surface area contributed by atoms with Crippen LogP contribution in [0.1, 0.15) is 50.1 Å². The van der Waals surface area contributed by atoms with Gasteiger partial charge in [-0.25, -0.2) is 4.98 Å². The average Bonchev–Trinajstić information content (AvgIpc) is 2.89. The van der Waals surface area contributed by atoms with Gasteiger partial charge < -0.3 is 10.6 Å². The quantitative estimate of drug-likeness (QED) is 0.527. The summed E-state index contributed by atoms with van der Waals surface area (Å²) in [5.41, 5.74) is 12.1. The van der Waals surface area contributed by atoms with Crippen LogP contribution in [-0.4, -0.2) is 29.3 Å². The Morgan fingerprint density at radius 2 is 2.00 bits per heavy atom. The van der Waals surface area contributed by atoms with E-state index in [4.69, 9.17) is 10.7 Å². The first-order valence-electron chi connectivity index (χ1n) is 11.8. The fourth-order valence-electron chi connectivity index (χ4n) is 3.99. The van der Waals surface area contributed by atoms with Crippen LogP contribution in [0.2, 0.25) is 0 Å². The van der Waals surface area contributed by atoms with E-state index in [0.717, 1.165) is 53.3 Å². The van der Waals surface area contributed by atoms with Gasteiger partial charge in [-0.2, -0.15) is 0 Å². The van der Waals surface area contributed by atoms with Crippen LogP contribution in [0.5, 0.6) is 0 Å². The van der Waals surface area contributed by atoms with Gasteiger partial charge in [0.2, 0.25) is 0 Å². The first kappa shape index (κ1) is 24.3. The van der Waals surface area contributed by atoms with Crippen molar-refractivity contribution in [2.75, 3.05) is 11.4 Å². The van der Waals surface area contributed by atoms with Crippen LogP contribution in [-0.2, 0) is 6.54 Å². The Hall–Kier alpha value is -3.31. The third-order valence-corrected chi connectivity index (χ3v) is 5.83. The van der Waals surface area contributed by atoms with Gasteiger partial charge in [-0.15, -0.1) is 0 Å². The Kier molecular flexibility index (Phi) is 8.90. The van der Waals surface area contributed by atoms with E-state index in [1.165, 1.54) is 5.56 Å². The van der Waals surface area contributed by atoms with E-state index in [2.05, 4.69) is 64.1 Å². The molecule has 2 N–H and O–H groups in total. The van der Waals surface area contributed by atoms with Crippen molar-refractivity contribution in [3.63, 3.8) is 0 Å². The predicted molar refractivity (Wildman–Crippen MR) is 141 cm³/mol. The molecular formula is C28H35N5. The van der Waals surface area contributed by atoms with Crippen molar-refractivity contribution >= 4 is 23.8 Å². The molecule has 0 bridgehead atoms. The Bertz CT molecular complexity index is 1080. The Morgan fingerprint density at radius 3 is 2.64 bits per heavy atom. The summed E-state index contributed by atoms with van der Waals surface area (Å²) in [7, 11) is 0. The van der Waals surface area contributed by atoms with Crippen molar-refractivity contribution < 1.29 is 0 Å². The van der Waals surface area contributed by atoms with Gasteiger partial charge >= 0.3 is 0 Å². The maximum absolute atomic E-state index is 5.84. The van der Waals surface area contributed by atoms with Gasteiger partial charge in [0.25, 0.3) is 0 Å². The molecule has 4 rings (SSSR count). The molecule has 0 aromatic carbocycles. The third kappa shape index (κ3) is 5.93. The van der Waals surface area contributed by atoms with Crippen molar-refractivity contribution in [1.82, 2.24) is 9.97 Å². The molecule has 0 fully saturated rings. The highest BCUT2D eigenvalue weighted by Crippen LogP contribution is 2.34. The number of anilines is 1. The summed E-state index contributed by atoms with van der Waals surface area (Å²) in [6.07, 6.45) is 18.0. The van der Waals surface area contributed by atoms with Crippen LogP contribution in [0, 0.1) is 6.92 Å². The molecular weight excluding hydrogens is 406 g/mol. The second-order valence-electron chi connectivity index (χ2n) is 7.86. The number of aromatic nitrogens is 2. The first-order valence-corrected chi connectivity index (χ1v) is 11.8. The number of allylic oxidation sites excluding steroid dienone is 4. The summed E-state index contributed by atoms with van der Waals surface area (Å²) in [6.45, 7) is 11.1. The summed E-state index contributed by atoms with van der Waals surface area (Å²) < 4.78 is 0.